The number of urea groups is 1. The predicted molar refractivity (Wildman–Crippen MR) is 121 cm³/mol. The zero-order chi connectivity index (χ0) is 22.7. The zero-order valence-corrected chi connectivity index (χ0v) is 18.3. The number of carbonyl (C=O) groups excluding carboxylic acids is 3. The summed E-state index contributed by atoms with van der Waals surface area (Å²) < 4.78 is 2.03. The number of para-hydroxylation sites is 2. The van der Waals surface area contributed by atoms with Gasteiger partial charge in [-0.1, -0.05) is 42.5 Å². The summed E-state index contributed by atoms with van der Waals surface area (Å²) in [5.74, 6) is 0.122. The molecule has 32 heavy (non-hydrogen) atoms. The largest absolute Gasteiger partial charge is 0.353 e. The number of carbonyl (C=O) groups is 3. The summed E-state index contributed by atoms with van der Waals surface area (Å²) in [5.41, 5.74) is 1.99. The number of hydrogen-bond donors (Lipinski definition) is 2. The first kappa shape index (κ1) is 21.5. The van der Waals surface area contributed by atoms with Crippen molar-refractivity contribution in [2.45, 2.75) is 38.8 Å². The zero-order valence-electron chi connectivity index (χ0n) is 18.3. The van der Waals surface area contributed by atoms with Gasteiger partial charge in [0.2, 0.25) is 5.91 Å². The Morgan fingerprint density at radius 2 is 1.81 bits per heavy atom. The molecule has 1 fully saturated rings. The van der Waals surface area contributed by atoms with Crippen LogP contribution in [0, 0.1) is 6.92 Å². The minimum atomic E-state index is -1.01. The van der Waals surface area contributed by atoms with Gasteiger partial charge in [-0.25, -0.2) is 9.78 Å². The molecule has 166 valence electrons. The van der Waals surface area contributed by atoms with Gasteiger partial charge in [0.25, 0.3) is 5.91 Å². The van der Waals surface area contributed by atoms with Crippen molar-refractivity contribution in [3.63, 3.8) is 0 Å². The molecule has 4 amide bonds. The maximum atomic E-state index is 12.9. The fourth-order valence-corrected chi connectivity index (χ4v) is 4.08. The van der Waals surface area contributed by atoms with Crippen molar-refractivity contribution in [2.24, 2.45) is 0 Å². The highest BCUT2D eigenvalue weighted by Gasteiger charge is 2.47. The first-order valence-electron chi connectivity index (χ1n) is 10.7. The van der Waals surface area contributed by atoms with Gasteiger partial charge in [0.05, 0.1) is 11.0 Å². The highest BCUT2D eigenvalue weighted by molar-refractivity contribution is 6.08. The van der Waals surface area contributed by atoms with Crippen molar-refractivity contribution < 1.29 is 14.4 Å². The van der Waals surface area contributed by atoms with E-state index in [2.05, 4.69) is 15.6 Å². The number of aromatic nitrogens is 2. The van der Waals surface area contributed by atoms with Gasteiger partial charge in [-0.05, 0) is 44.4 Å². The van der Waals surface area contributed by atoms with Crippen LogP contribution < -0.4 is 10.6 Å². The average molecular weight is 434 g/mol. The van der Waals surface area contributed by atoms with Gasteiger partial charge in [0.1, 0.15) is 17.9 Å². The normalized spacial score (nSPS) is 18.2. The maximum Gasteiger partial charge on any atom is 0.325 e. The standard InChI is InChI=1S/C24H27N5O3/c1-17-26-19-10-6-7-11-20(19)28(17)15-14-25-21(30)16-29-22(31)24(2,27-23(29)32)13-12-18-8-4-3-5-9-18/h3-11H,12-16H2,1-2H3,(H,25,30)(H,27,32)/t24-/m1/s1. The summed E-state index contributed by atoms with van der Waals surface area (Å²) in [6, 6.07) is 17.1. The summed E-state index contributed by atoms with van der Waals surface area (Å²) in [6.45, 7) is 4.25. The fourth-order valence-electron chi connectivity index (χ4n) is 4.08. The second-order valence-electron chi connectivity index (χ2n) is 8.29. The number of fused-ring (bicyclic) bond motifs is 1. The van der Waals surface area contributed by atoms with Gasteiger partial charge in [0, 0.05) is 13.1 Å². The van der Waals surface area contributed by atoms with Crippen LogP contribution in [0.4, 0.5) is 4.79 Å². The second-order valence-corrected chi connectivity index (χ2v) is 8.29. The lowest BCUT2D eigenvalue weighted by Crippen LogP contribution is -2.45. The molecular formula is C24H27N5O3. The molecule has 2 aromatic carbocycles. The van der Waals surface area contributed by atoms with Gasteiger partial charge >= 0.3 is 6.03 Å². The molecule has 1 aliphatic rings. The van der Waals surface area contributed by atoms with E-state index in [0.717, 1.165) is 27.3 Å². The lowest BCUT2D eigenvalue weighted by molar-refractivity contribution is -0.134. The third kappa shape index (κ3) is 4.34. The lowest BCUT2D eigenvalue weighted by Gasteiger charge is -2.21. The van der Waals surface area contributed by atoms with Crippen LogP contribution in [0.2, 0.25) is 0 Å². The Morgan fingerprint density at radius 1 is 1.09 bits per heavy atom. The Bertz CT molecular complexity index is 1160. The molecule has 4 rings (SSSR count). The van der Waals surface area contributed by atoms with Gasteiger partial charge < -0.3 is 15.2 Å². The SMILES string of the molecule is Cc1nc2ccccc2n1CCNC(=O)CN1C(=O)N[C@](C)(CCc2ccccc2)C1=O. The highest BCUT2D eigenvalue weighted by atomic mass is 16.2. The van der Waals surface area contributed by atoms with E-state index in [9.17, 15) is 14.4 Å². The minimum Gasteiger partial charge on any atom is -0.353 e. The molecule has 3 aromatic rings. The summed E-state index contributed by atoms with van der Waals surface area (Å²) in [4.78, 5) is 43.3. The van der Waals surface area contributed by atoms with Crippen LogP contribution in [0.5, 0.6) is 0 Å². The van der Waals surface area contributed by atoms with Gasteiger partial charge in [0.15, 0.2) is 0 Å². The molecule has 1 saturated heterocycles. The molecule has 1 aromatic heterocycles. The van der Waals surface area contributed by atoms with E-state index in [-0.39, 0.29) is 18.4 Å². The monoisotopic (exact) mass is 433 g/mol. The van der Waals surface area contributed by atoms with Crippen molar-refractivity contribution in [1.82, 2.24) is 25.1 Å². The number of amides is 4. The number of imidazole rings is 1. The number of aryl methyl sites for hydroxylation is 2. The minimum absolute atomic E-state index is 0.296. The Balaban J connectivity index is 1.31. The van der Waals surface area contributed by atoms with Crippen molar-refractivity contribution in [1.29, 1.82) is 0 Å². The quantitative estimate of drug-likeness (QED) is 0.533. The molecular weight excluding hydrogens is 406 g/mol. The van der Waals surface area contributed by atoms with E-state index in [4.69, 9.17) is 0 Å². The summed E-state index contributed by atoms with van der Waals surface area (Å²) >= 11 is 0. The Hall–Kier alpha value is -3.68. The predicted octanol–water partition coefficient (Wildman–Crippen LogP) is 2.40. The van der Waals surface area contributed by atoms with Crippen LogP contribution in [0.3, 0.4) is 0 Å². The Morgan fingerprint density at radius 3 is 2.59 bits per heavy atom. The maximum absolute atomic E-state index is 12.9. The van der Waals surface area contributed by atoms with Gasteiger partial charge in [-0.15, -0.1) is 0 Å². The highest BCUT2D eigenvalue weighted by Crippen LogP contribution is 2.23. The fraction of sp³-hybridized carbons (Fsp3) is 0.333. The number of nitrogens with one attached hydrogen (secondary N) is 2. The third-order valence-electron chi connectivity index (χ3n) is 5.91. The molecule has 2 N–H and O–H groups in total. The van der Waals surface area contributed by atoms with E-state index >= 15 is 0 Å². The van der Waals surface area contributed by atoms with E-state index in [1.807, 2.05) is 66.1 Å². The van der Waals surface area contributed by atoms with E-state index in [1.54, 1.807) is 6.92 Å². The molecule has 0 radical (unpaired) electrons. The summed E-state index contributed by atoms with van der Waals surface area (Å²) in [6.07, 6.45) is 1.12. The topological polar surface area (TPSA) is 96.3 Å². The smallest absolute Gasteiger partial charge is 0.325 e. The van der Waals surface area contributed by atoms with Crippen LogP contribution in [-0.2, 0) is 22.6 Å². The van der Waals surface area contributed by atoms with Crippen LogP contribution in [-0.4, -0.2) is 50.9 Å². The first-order chi connectivity index (χ1) is 15.4. The Kier molecular flexibility index (Phi) is 5.94. The molecule has 8 heteroatoms. The summed E-state index contributed by atoms with van der Waals surface area (Å²) in [5, 5.41) is 5.56. The summed E-state index contributed by atoms with van der Waals surface area (Å²) in [7, 11) is 0. The average Bonchev–Trinajstić information content (AvgIpc) is 3.21. The van der Waals surface area contributed by atoms with Gasteiger partial charge in [-0.3, -0.25) is 14.5 Å². The molecule has 1 aliphatic heterocycles. The molecule has 1 atom stereocenters. The number of benzene rings is 2. The number of hydrogen-bond acceptors (Lipinski definition) is 4. The molecule has 0 saturated carbocycles. The van der Waals surface area contributed by atoms with Crippen molar-refractivity contribution >= 4 is 28.9 Å². The Labute approximate surface area is 186 Å². The number of rotatable bonds is 8. The number of imide groups is 1. The van der Waals surface area contributed by atoms with Crippen molar-refractivity contribution in [3.05, 3.63) is 66.0 Å². The molecule has 2 heterocycles. The van der Waals surface area contributed by atoms with Crippen LogP contribution >= 0.6 is 0 Å². The van der Waals surface area contributed by atoms with Gasteiger partial charge in [-0.2, -0.15) is 0 Å². The van der Waals surface area contributed by atoms with Crippen molar-refractivity contribution in [2.75, 3.05) is 13.1 Å². The van der Waals surface area contributed by atoms with Crippen LogP contribution in [0.25, 0.3) is 11.0 Å². The number of nitrogens with zero attached hydrogens (tertiary/aromatic N) is 3. The van der Waals surface area contributed by atoms with E-state index in [1.165, 1.54) is 0 Å². The molecule has 0 spiro atoms. The second kappa shape index (κ2) is 8.82. The molecule has 0 aliphatic carbocycles. The molecule has 8 nitrogen and oxygen atoms in total. The lowest BCUT2D eigenvalue weighted by atomic mass is 9.93. The van der Waals surface area contributed by atoms with E-state index in [0.29, 0.717) is 25.9 Å². The first-order valence-corrected chi connectivity index (χ1v) is 10.7. The van der Waals surface area contributed by atoms with Crippen LogP contribution in [0.1, 0.15) is 24.7 Å². The molecule has 0 unspecified atom stereocenters. The van der Waals surface area contributed by atoms with E-state index < -0.39 is 11.6 Å². The molecule has 0 bridgehead atoms. The van der Waals surface area contributed by atoms with Crippen LogP contribution in [0.15, 0.2) is 54.6 Å². The third-order valence-corrected chi connectivity index (χ3v) is 5.91. The van der Waals surface area contributed by atoms with Crippen molar-refractivity contribution in [3.8, 4) is 0 Å².